The molecular formula is C16H26N2O. The van der Waals surface area contributed by atoms with E-state index in [1.54, 1.807) is 0 Å². The second-order valence-electron chi connectivity index (χ2n) is 5.55. The molecule has 0 spiro atoms. The number of carbonyl (C=O) groups is 1. The summed E-state index contributed by atoms with van der Waals surface area (Å²) < 4.78 is 0. The van der Waals surface area contributed by atoms with E-state index in [-0.39, 0.29) is 5.91 Å². The Morgan fingerprint density at radius 2 is 1.84 bits per heavy atom. The normalized spacial score (nSPS) is 12.5. The molecule has 0 saturated heterocycles. The molecule has 1 rings (SSSR count). The maximum absolute atomic E-state index is 11.7. The third kappa shape index (κ3) is 5.88. The van der Waals surface area contributed by atoms with Gasteiger partial charge in [-0.3, -0.25) is 4.79 Å². The van der Waals surface area contributed by atoms with Crippen LogP contribution in [0.3, 0.4) is 0 Å². The van der Waals surface area contributed by atoms with E-state index in [1.807, 2.05) is 0 Å². The van der Waals surface area contributed by atoms with Gasteiger partial charge in [-0.1, -0.05) is 45.0 Å². The van der Waals surface area contributed by atoms with Crippen LogP contribution in [-0.2, 0) is 11.3 Å². The van der Waals surface area contributed by atoms with Crippen LogP contribution in [-0.4, -0.2) is 12.5 Å². The van der Waals surface area contributed by atoms with Crippen molar-refractivity contribution in [1.82, 2.24) is 5.32 Å². The third-order valence-electron chi connectivity index (χ3n) is 3.40. The molecular weight excluding hydrogens is 236 g/mol. The molecule has 1 aromatic carbocycles. The molecule has 3 N–H and O–H groups in total. The molecule has 106 valence electrons. The highest BCUT2D eigenvalue weighted by molar-refractivity contribution is 5.75. The second kappa shape index (κ2) is 7.95. The Morgan fingerprint density at radius 3 is 2.37 bits per heavy atom. The smallest absolute Gasteiger partial charge is 0.220 e. The number of nitrogens with two attached hydrogens (primary N) is 1. The van der Waals surface area contributed by atoms with Crippen molar-refractivity contribution in [2.45, 2.75) is 46.1 Å². The Labute approximate surface area is 116 Å². The summed E-state index contributed by atoms with van der Waals surface area (Å²) in [6, 6.07) is 8.42. The van der Waals surface area contributed by atoms with Crippen molar-refractivity contribution in [2.24, 2.45) is 11.7 Å². The molecule has 0 fully saturated rings. The fourth-order valence-electron chi connectivity index (χ4n) is 1.80. The van der Waals surface area contributed by atoms with Crippen molar-refractivity contribution < 1.29 is 4.79 Å². The molecule has 1 aromatic rings. The minimum atomic E-state index is 0.105. The van der Waals surface area contributed by atoms with Crippen LogP contribution < -0.4 is 11.1 Å². The molecule has 0 saturated carbocycles. The minimum absolute atomic E-state index is 0.105. The summed E-state index contributed by atoms with van der Waals surface area (Å²) in [6.45, 7) is 7.67. The SMILES string of the molecule is CC(CN)CCC(=O)NCc1ccc(C(C)C)cc1. The molecule has 1 unspecified atom stereocenters. The molecule has 0 aliphatic carbocycles. The lowest BCUT2D eigenvalue weighted by atomic mass is 10.0. The van der Waals surface area contributed by atoms with Gasteiger partial charge in [-0.25, -0.2) is 0 Å². The van der Waals surface area contributed by atoms with E-state index in [0.717, 1.165) is 12.0 Å². The molecule has 1 atom stereocenters. The van der Waals surface area contributed by atoms with Crippen LogP contribution in [0.25, 0.3) is 0 Å². The first kappa shape index (κ1) is 15.7. The van der Waals surface area contributed by atoms with Gasteiger partial charge in [-0.05, 0) is 35.9 Å². The number of nitrogens with one attached hydrogen (secondary N) is 1. The molecule has 0 heterocycles. The first-order chi connectivity index (χ1) is 9.02. The summed E-state index contributed by atoms with van der Waals surface area (Å²) >= 11 is 0. The molecule has 0 aliphatic rings. The Kier molecular flexibility index (Phi) is 6.57. The lowest BCUT2D eigenvalue weighted by Gasteiger charge is -2.10. The minimum Gasteiger partial charge on any atom is -0.352 e. The summed E-state index contributed by atoms with van der Waals surface area (Å²) in [5.74, 6) is 1.06. The lowest BCUT2D eigenvalue weighted by Crippen LogP contribution is -2.23. The van der Waals surface area contributed by atoms with E-state index in [1.165, 1.54) is 5.56 Å². The van der Waals surface area contributed by atoms with Crippen LogP contribution in [0.5, 0.6) is 0 Å². The quantitative estimate of drug-likeness (QED) is 0.794. The molecule has 3 nitrogen and oxygen atoms in total. The van der Waals surface area contributed by atoms with Crippen LogP contribution in [0.15, 0.2) is 24.3 Å². The maximum Gasteiger partial charge on any atom is 0.220 e. The van der Waals surface area contributed by atoms with Crippen LogP contribution in [0.4, 0.5) is 0 Å². The summed E-state index contributed by atoms with van der Waals surface area (Å²) in [5, 5.41) is 2.95. The Hall–Kier alpha value is -1.35. The van der Waals surface area contributed by atoms with Gasteiger partial charge in [0, 0.05) is 13.0 Å². The highest BCUT2D eigenvalue weighted by Crippen LogP contribution is 2.14. The third-order valence-corrected chi connectivity index (χ3v) is 3.40. The number of amides is 1. The van der Waals surface area contributed by atoms with Gasteiger partial charge in [0.1, 0.15) is 0 Å². The van der Waals surface area contributed by atoms with Crippen molar-refractivity contribution >= 4 is 5.91 Å². The number of carbonyl (C=O) groups excluding carboxylic acids is 1. The first-order valence-corrected chi connectivity index (χ1v) is 7.08. The Balaban J connectivity index is 2.33. The Morgan fingerprint density at radius 1 is 1.21 bits per heavy atom. The zero-order chi connectivity index (χ0) is 14.3. The van der Waals surface area contributed by atoms with Gasteiger partial charge in [0.2, 0.25) is 5.91 Å². The van der Waals surface area contributed by atoms with E-state index in [0.29, 0.717) is 31.3 Å². The van der Waals surface area contributed by atoms with Crippen molar-refractivity contribution in [3.05, 3.63) is 35.4 Å². The molecule has 0 aliphatic heterocycles. The number of hydrogen-bond acceptors (Lipinski definition) is 2. The highest BCUT2D eigenvalue weighted by Gasteiger charge is 2.05. The monoisotopic (exact) mass is 262 g/mol. The van der Waals surface area contributed by atoms with Crippen LogP contribution in [0, 0.1) is 5.92 Å². The molecule has 19 heavy (non-hydrogen) atoms. The molecule has 0 aromatic heterocycles. The summed E-state index contributed by atoms with van der Waals surface area (Å²) in [6.07, 6.45) is 1.41. The second-order valence-corrected chi connectivity index (χ2v) is 5.55. The van der Waals surface area contributed by atoms with Crippen LogP contribution in [0.1, 0.15) is 50.7 Å². The van der Waals surface area contributed by atoms with E-state index in [2.05, 4.69) is 50.4 Å². The van der Waals surface area contributed by atoms with Crippen molar-refractivity contribution in [3.63, 3.8) is 0 Å². The van der Waals surface area contributed by atoms with Gasteiger partial charge in [-0.2, -0.15) is 0 Å². The molecule has 0 radical (unpaired) electrons. The standard InChI is InChI=1S/C16H26N2O/c1-12(2)15-7-5-14(6-8-15)11-18-16(19)9-4-13(3)10-17/h5-8,12-13H,4,9-11,17H2,1-3H3,(H,18,19). The fourth-order valence-corrected chi connectivity index (χ4v) is 1.80. The van der Waals surface area contributed by atoms with E-state index in [4.69, 9.17) is 5.73 Å². The first-order valence-electron chi connectivity index (χ1n) is 7.08. The predicted octanol–water partition coefficient (Wildman–Crippen LogP) is 2.80. The van der Waals surface area contributed by atoms with Gasteiger partial charge in [0.05, 0.1) is 0 Å². The zero-order valence-corrected chi connectivity index (χ0v) is 12.3. The number of hydrogen-bond donors (Lipinski definition) is 2. The number of rotatable bonds is 7. The lowest BCUT2D eigenvalue weighted by molar-refractivity contribution is -0.121. The Bertz CT molecular complexity index is 384. The summed E-state index contributed by atoms with van der Waals surface area (Å²) in [4.78, 5) is 11.7. The van der Waals surface area contributed by atoms with E-state index in [9.17, 15) is 4.79 Å². The largest absolute Gasteiger partial charge is 0.352 e. The van der Waals surface area contributed by atoms with Crippen molar-refractivity contribution in [3.8, 4) is 0 Å². The number of benzene rings is 1. The van der Waals surface area contributed by atoms with Gasteiger partial charge in [-0.15, -0.1) is 0 Å². The van der Waals surface area contributed by atoms with E-state index >= 15 is 0 Å². The predicted molar refractivity (Wildman–Crippen MR) is 79.8 cm³/mol. The topological polar surface area (TPSA) is 55.1 Å². The molecule has 3 heteroatoms. The van der Waals surface area contributed by atoms with Crippen molar-refractivity contribution in [1.29, 1.82) is 0 Å². The van der Waals surface area contributed by atoms with Gasteiger partial charge in [0.15, 0.2) is 0 Å². The fraction of sp³-hybridized carbons (Fsp3) is 0.562. The van der Waals surface area contributed by atoms with Crippen LogP contribution in [0.2, 0.25) is 0 Å². The van der Waals surface area contributed by atoms with Gasteiger partial charge in [0.25, 0.3) is 0 Å². The van der Waals surface area contributed by atoms with Crippen molar-refractivity contribution in [2.75, 3.05) is 6.54 Å². The van der Waals surface area contributed by atoms with Gasteiger partial charge >= 0.3 is 0 Å². The van der Waals surface area contributed by atoms with Gasteiger partial charge < -0.3 is 11.1 Å². The summed E-state index contributed by atoms with van der Waals surface area (Å²) in [5.41, 5.74) is 8.00. The van der Waals surface area contributed by atoms with Crippen LogP contribution >= 0.6 is 0 Å². The van der Waals surface area contributed by atoms with E-state index < -0.39 is 0 Å². The zero-order valence-electron chi connectivity index (χ0n) is 12.3. The summed E-state index contributed by atoms with van der Waals surface area (Å²) in [7, 11) is 0. The highest BCUT2D eigenvalue weighted by atomic mass is 16.1. The average molecular weight is 262 g/mol. The molecule has 1 amide bonds. The molecule has 0 bridgehead atoms. The average Bonchev–Trinajstić information content (AvgIpc) is 2.42. The maximum atomic E-state index is 11.7.